The molecule has 0 atom stereocenters. The molecule has 0 saturated carbocycles. The van der Waals surface area contributed by atoms with Crippen molar-refractivity contribution in [3.63, 3.8) is 0 Å². The van der Waals surface area contributed by atoms with Crippen LogP contribution in [0.4, 0.5) is 11.5 Å². The summed E-state index contributed by atoms with van der Waals surface area (Å²) in [6.45, 7) is 0.727. The van der Waals surface area contributed by atoms with Gasteiger partial charge in [-0.3, -0.25) is 0 Å². The van der Waals surface area contributed by atoms with E-state index in [1.165, 1.54) is 18.2 Å². The number of carbonyl (C=O) groups is 1. The van der Waals surface area contributed by atoms with Gasteiger partial charge >= 0.3 is 5.97 Å². The Morgan fingerprint density at radius 2 is 2.35 bits per heavy atom. The Hall–Kier alpha value is -1.60. The summed E-state index contributed by atoms with van der Waals surface area (Å²) < 4.78 is 5.79. The lowest BCUT2D eigenvalue weighted by atomic mass is 10.2. The summed E-state index contributed by atoms with van der Waals surface area (Å²) in [6, 6.07) is 5.70. The number of thiophene rings is 1. The highest BCUT2D eigenvalue weighted by Gasteiger charge is 2.11. The van der Waals surface area contributed by atoms with Crippen molar-refractivity contribution >= 4 is 44.7 Å². The maximum Gasteiger partial charge on any atom is 0.340 e. The molecule has 7 heteroatoms. The molecular weight excluding hydrogens is 342 g/mol. The van der Waals surface area contributed by atoms with Crippen LogP contribution in [0, 0.1) is 0 Å². The standard InChI is InChI=1S/C13H14BrN3O2S/c1-19-13(18)9-6-12(17-7-10(9)15)16-5-4-8-2-3-11(14)20-8/h2-3,6-7H,4-5,15H2,1H3,(H,16,17). The van der Waals surface area contributed by atoms with Crippen LogP contribution in [-0.4, -0.2) is 24.6 Å². The van der Waals surface area contributed by atoms with Crippen LogP contribution < -0.4 is 11.1 Å². The first kappa shape index (κ1) is 14.8. The molecule has 0 aliphatic rings. The fraction of sp³-hybridized carbons (Fsp3) is 0.231. The Morgan fingerprint density at radius 3 is 3.00 bits per heavy atom. The average molecular weight is 356 g/mol. The summed E-state index contributed by atoms with van der Waals surface area (Å²) in [6.07, 6.45) is 2.34. The fourth-order valence-corrected chi connectivity index (χ4v) is 3.13. The number of rotatable bonds is 5. The van der Waals surface area contributed by atoms with Gasteiger partial charge in [0, 0.05) is 11.4 Å². The summed E-state index contributed by atoms with van der Waals surface area (Å²) >= 11 is 5.13. The SMILES string of the molecule is COC(=O)c1cc(NCCc2ccc(Br)s2)ncc1N. The summed E-state index contributed by atoms with van der Waals surface area (Å²) in [7, 11) is 1.32. The molecule has 0 unspecified atom stereocenters. The van der Waals surface area contributed by atoms with Gasteiger partial charge in [-0.1, -0.05) is 0 Å². The molecule has 0 radical (unpaired) electrons. The molecule has 0 aromatic carbocycles. The highest BCUT2D eigenvalue weighted by Crippen LogP contribution is 2.22. The maximum atomic E-state index is 11.5. The van der Waals surface area contributed by atoms with Crippen molar-refractivity contribution in [2.45, 2.75) is 6.42 Å². The minimum absolute atomic E-state index is 0.310. The van der Waals surface area contributed by atoms with Crippen LogP contribution in [0.1, 0.15) is 15.2 Å². The predicted octanol–water partition coefficient (Wildman–Crippen LogP) is 2.93. The van der Waals surface area contributed by atoms with E-state index in [9.17, 15) is 4.79 Å². The molecule has 2 rings (SSSR count). The molecule has 5 nitrogen and oxygen atoms in total. The van der Waals surface area contributed by atoms with Gasteiger partial charge in [-0.15, -0.1) is 11.3 Å². The van der Waals surface area contributed by atoms with Crippen molar-refractivity contribution < 1.29 is 9.53 Å². The summed E-state index contributed by atoms with van der Waals surface area (Å²) in [5, 5.41) is 3.17. The van der Waals surface area contributed by atoms with Gasteiger partial charge in [0.15, 0.2) is 0 Å². The monoisotopic (exact) mass is 355 g/mol. The lowest BCUT2D eigenvalue weighted by Gasteiger charge is -2.08. The number of nitrogens with one attached hydrogen (secondary N) is 1. The third kappa shape index (κ3) is 3.71. The van der Waals surface area contributed by atoms with E-state index in [2.05, 4.69) is 37.0 Å². The molecule has 0 bridgehead atoms. The zero-order chi connectivity index (χ0) is 14.5. The lowest BCUT2D eigenvalue weighted by Crippen LogP contribution is -2.10. The van der Waals surface area contributed by atoms with Crippen LogP contribution in [0.5, 0.6) is 0 Å². The molecule has 2 aromatic rings. The predicted molar refractivity (Wildman–Crippen MR) is 84.2 cm³/mol. The van der Waals surface area contributed by atoms with E-state index in [1.807, 2.05) is 6.07 Å². The van der Waals surface area contributed by atoms with Crippen LogP contribution in [0.3, 0.4) is 0 Å². The highest BCUT2D eigenvalue weighted by molar-refractivity contribution is 9.11. The zero-order valence-electron chi connectivity index (χ0n) is 10.9. The average Bonchev–Trinajstić information content (AvgIpc) is 2.85. The second kappa shape index (κ2) is 6.71. The molecule has 3 N–H and O–H groups in total. The number of carbonyl (C=O) groups excluding carboxylic acids is 1. The van der Waals surface area contributed by atoms with Crippen LogP contribution >= 0.6 is 27.3 Å². The fourth-order valence-electron chi connectivity index (χ4n) is 1.65. The van der Waals surface area contributed by atoms with Gasteiger partial charge in [-0.25, -0.2) is 9.78 Å². The second-order valence-electron chi connectivity index (χ2n) is 4.03. The molecule has 106 valence electrons. The first-order chi connectivity index (χ1) is 9.60. The van der Waals surface area contributed by atoms with Crippen LogP contribution in [0.2, 0.25) is 0 Å². The number of methoxy groups -OCH3 is 1. The molecule has 0 aliphatic heterocycles. The van der Waals surface area contributed by atoms with Gasteiger partial charge in [0.2, 0.25) is 0 Å². The summed E-state index contributed by atoms with van der Waals surface area (Å²) in [5.74, 6) is 0.144. The van der Waals surface area contributed by atoms with E-state index < -0.39 is 5.97 Å². The quantitative estimate of drug-likeness (QED) is 0.806. The van der Waals surface area contributed by atoms with Crippen molar-refractivity contribution in [3.05, 3.63) is 38.6 Å². The summed E-state index contributed by atoms with van der Waals surface area (Å²) in [4.78, 5) is 16.9. The van der Waals surface area contributed by atoms with E-state index in [-0.39, 0.29) is 0 Å². The number of nitrogen functional groups attached to an aromatic ring is 1. The van der Waals surface area contributed by atoms with Crippen molar-refractivity contribution in [2.24, 2.45) is 0 Å². The highest BCUT2D eigenvalue weighted by atomic mass is 79.9. The maximum absolute atomic E-state index is 11.5. The van der Waals surface area contributed by atoms with Crippen molar-refractivity contribution in [1.29, 1.82) is 0 Å². The molecule has 0 amide bonds. The molecule has 0 spiro atoms. The van der Waals surface area contributed by atoms with Crippen LogP contribution in [0.15, 0.2) is 28.2 Å². The van der Waals surface area contributed by atoms with Crippen molar-refractivity contribution in [1.82, 2.24) is 4.98 Å². The topological polar surface area (TPSA) is 77.2 Å². The van der Waals surface area contributed by atoms with E-state index in [4.69, 9.17) is 5.73 Å². The van der Waals surface area contributed by atoms with Gasteiger partial charge in [0.25, 0.3) is 0 Å². The number of halogens is 1. The lowest BCUT2D eigenvalue weighted by molar-refractivity contribution is 0.0602. The van der Waals surface area contributed by atoms with E-state index in [0.29, 0.717) is 17.1 Å². The van der Waals surface area contributed by atoms with E-state index in [1.54, 1.807) is 17.4 Å². The van der Waals surface area contributed by atoms with Crippen molar-refractivity contribution in [3.8, 4) is 0 Å². The van der Waals surface area contributed by atoms with Crippen molar-refractivity contribution in [2.75, 3.05) is 24.7 Å². The Bertz CT molecular complexity index is 615. The molecule has 20 heavy (non-hydrogen) atoms. The first-order valence-electron chi connectivity index (χ1n) is 5.92. The molecule has 0 saturated heterocycles. The van der Waals surface area contributed by atoms with Crippen LogP contribution in [0.25, 0.3) is 0 Å². The second-order valence-corrected chi connectivity index (χ2v) is 6.58. The number of pyridine rings is 1. The number of esters is 1. The third-order valence-corrected chi connectivity index (χ3v) is 4.33. The molecule has 0 fully saturated rings. The van der Waals surface area contributed by atoms with Gasteiger partial charge in [0.05, 0.1) is 28.3 Å². The number of hydrogen-bond donors (Lipinski definition) is 2. The van der Waals surface area contributed by atoms with Gasteiger partial charge in [-0.2, -0.15) is 0 Å². The van der Waals surface area contributed by atoms with E-state index in [0.717, 1.165) is 16.8 Å². The number of ether oxygens (including phenoxy) is 1. The summed E-state index contributed by atoms with van der Waals surface area (Å²) in [5.41, 5.74) is 6.33. The first-order valence-corrected chi connectivity index (χ1v) is 7.53. The minimum atomic E-state index is -0.463. The number of nitrogens with two attached hydrogens (primary N) is 1. The molecular formula is C13H14BrN3O2S. The van der Waals surface area contributed by atoms with Gasteiger partial charge in [0.1, 0.15) is 5.82 Å². The minimum Gasteiger partial charge on any atom is -0.465 e. The van der Waals surface area contributed by atoms with Crippen LogP contribution in [-0.2, 0) is 11.2 Å². The third-order valence-electron chi connectivity index (χ3n) is 2.65. The normalized spacial score (nSPS) is 10.3. The number of aromatic nitrogens is 1. The Kier molecular flexibility index (Phi) is 4.97. The van der Waals surface area contributed by atoms with E-state index >= 15 is 0 Å². The zero-order valence-corrected chi connectivity index (χ0v) is 13.3. The molecule has 2 aromatic heterocycles. The largest absolute Gasteiger partial charge is 0.465 e. The number of hydrogen-bond acceptors (Lipinski definition) is 6. The van der Waals surface area contributed by atoms with Gasteiger partial charge < -0.3 is 15.8 Å². The number of nitrogens with zero attached hydrogens (tertiary/aromatic N) is 1. The Balaban J connectivity index is 1.97. The molecule has 0 aliphatic carbocycles. The Labute approximate surface area is 129 Å². The smallest absolute Gasteiger partial charge is 0.340 e. The Morgan fingerprint density at radius 1 is 1.55 bits per heavy atom. The molecule has 2 heterocycles. The van der Waals surface area contributed by atoms with Gasteiger partial charge in [-0.05, 0) is 40.5 Å². The number of anilines is 2.